The Balaban J connectivity index is 3.14. The van der Waals surface area contributed by atoms with E-state index in [0.29, 0.717) is 0 Å². The van der Waals surface area contributed by atoms with Gasteiger partial charge < -0.3 is 4.74 Å². The number of halogens is 1. The molecule has 0 bridgehead atoms. The molecule has 0 saturated heterocycles. The molecular formula is C12H16FO. The summed E-state index contributed by atoms with van der Waals surface area (Å²) in [6.07, 6.45) is 0.899. The maximum atomic E-state index is 12.5. The molecule has 1 radical (unpaired) electrons. The topological polar surface area (TPSA) is 9.23 Å². The van der Waals surface area contributed by atoms with Gasteiger partial charge in [0, 0.05) is 11.5 Å². The van der Waals surface area contributed by atoms with Crippen LogP contribution in [0.2, 0.25) is 0 Å². The average Bonchev–Trinajstić information content (AvgIpc) is 2.26. The number of hydrogen-bond donors (Lipinski definition) is 0. The fourth-order valence-electron chi connectivity index (χ4n) is 1.51. The molecule has 0 atom stereocenters. The Kier molecular flexibility index (Phi) is 3.93. The van der Waals surface area contributed by atoms with Crippen molar-refractivity contribution in [3.05, 3.63) is 35.2 Å². The van der Waals surface area contributed by atoms with E-state index in [-0.39, 0.29) is 0 Å². The van der Waals surface area contributed by atoms with Crippen LogP contribution in [0.4, 0.5) is 4.39 Å². The van der Waals surface area contributed by atoms with Crippen molar-refractivity contribution in [2.45, 2.75) is 20.3 Å². The second-order valence-corrected chi connectivity index (χ2v) is 3.27. The largest absolute Gasteiger partial charge is 0.496 e. The summed E-state index contributed by atoms with van der Waals surface area (Å²) in [5.74, 6) is 1.53. The van der Waals surface area contributed by atoms with Crippen LogP contribution in [-0.2, 0) is 6.42 Å². The molecule has 0 aliphatic rings. The normalized spacial score (nSPS) is 10.6. The minimum atomic E-state index is -0.427. The number of alkyl halides is 1. The summed E-state index contributed by atoms with van der Waals surface area (Å²) < 4.78 is 17.8. The molecule has 2 heteroatoms. The summed E-state index contributed by atoms with van der Waals surface area (Å²) in [7, 11) is 1.63. The lowest BCUT2D eigenvalue weighted by Crippen LogP contribution is -2.02. The number of aryl methyl sites for hydroxylation is 1. The first kappa shape index (κ1) is 11.0. The van der Waals surface area contributed by atoms with Crippen LogP contribution in [-0.4, -0.2) is 13.8 Å². The summed E-state index contributed by atoms with van der Waals surface area (Å²) in [4.78, 5) is 0. The summed E-state index contributed by atoms with van der Waals surface area (Å²) in [6.45, 7) is 3.42. The maximum Gasteiger partial charge on any atom is 0.125 e. The number of methoxy groups -OCH3 is 1. The Morgan fingerprint density at radius 3 is 2.64 bits per heavy atom. The lowest BCUT2D eigenvalue weighted by Gasteiger charge is -2.15. The Morgan fingerprint density at radius 2 is 2.14 bits per heavy atom. The third-order valence-electron chi connectivity index (χ3n) is 2.34. The van der Waals surface area contributed by atoms with Crippen LogP contribution in [0.25, 0.3) is 0 Å². The number of rotatable bonds is 4. The number of benzene rings is 1. The highest BCUT2D eigenvalue weighted by Gasteiger charge is 2.13. The molecule has 0 N–H and O–H groups in total. The van der Waals surface area contributed by atoms with Gasteiger partial charge in [-0.2, -0.15) is 0 Å². The van der Waals surface area contributed by atoms with Gasteiger partial charge in [-0.05, 0) is 12.0 Å². The lowest BCUT2D eigenvalue weighted by molar-refractivity contribution is 0.403. The molecule has 1 aromatic carbocycles. The molecular weight excluding hydrogens is 179 g/mol. The van der Waals surface area contributed by atoms with Gasteiger partial charge in [-0.15, -0.1) is 0 Å². The van der Waals surface area contributed by atoms with Crippen LogP contribution in [0.3, 0.4) is 0 Å². The molecule has 0 saturated carbocycles. The molecule has 1 aromatic rings. The Hall–Kier alpha value is -1.05. The summed E-state index contributed by atoms with van der Waals surface area (Å²) >= 11 is 0. The van der Waals surface area contributed by atoms with Crippen LogP contribution < -0.4 is 4.74 Å². The van der Waals surface area contributed by atoms with Crippen molar-refractivity contribution in [3.63, 3.8) is 0 Å². The van der Waals surface area contributed by atoms with Crippen LogP contribution >= 0.6 is 0 Å². The van der Waals surface area contributed by atoms with Gasteiger partial charge in [0.05, 0.1) is 13.8 Å². The average molecular weight is 195 g/mol. The summed E-state index contributed by atoms with van der Waals surface area (Å²) in [5.41, 5.74) is 2.01. The molecule has 1 rings (SSSR count). The molecule has 0 aliphatic heterocycles. The van der Waals surface area contributed by atoms with Crippen LogP contribution in [0.15, 0.2) is 18.2 Å². The predicted molar refractivity (Wildman–Crippen MR) is 56.4 cm³/mol. The smallest absolute Gasteiger partial charge is 0.125 e. The van der Waals surface area contributed by atoms with Gasteiger partial charge in [0.1, 0.15) is 5.75 Å². The van der Waals surface area contributed by atoms with Gasteiger partial charge >= 0.3 is 0 Å². The summed E-state index contributed by atoms with van der Waals surface area (Å²) in [5, 5.41) is 0. The molecule has 0 spiro atoms. The van der Waals surface area contributed by atoms with E-state index in [2.05, 4.69) is 6.92 Å². The van der Waals surface area contributed by atoms with E-state index in [9.17, 15) is 4.39 Å². The zero-order valence-electron chi connectivity index (χ0n) is 8.93. The van der Waals surface area contributed by atoms with E-state index < -0.39 is 6.67 Å². The minimum Gasteiger partial charge on any atom is -0.496 e. The van der Waals surface area contributed by atoms with Crippen molar-refractivity contribution in [1.29, 1.82) is 0 Å². The second kappa shape index (κ2) is 4.99. The van der Waals surface area contributed by atoms with E-state index in [1.165, 1.54) is 0 Å². The molecule has 0 fully saturated rings. The van der Waals surface area contributed by atoms with E-state index in [1.54, 1.807) is 14.0 Å². The predicted octanol–water partition coefficient (Wildman–Crippen LogP) is 3.17. The van der Waals surface area contributed by atoms with Gasteiger partial charge in [0.15, 0.2) is 0 Å². The molecule has 0 amide bonds. The molecule has 1 nitrogen and oxygen atoms in total. The van der Waals surface area contributed by atoms with E-state index >= 15 is 0 Å². The minimum absolute atomic E-state index is 0.427. The first-order valence-electron chi connectivity index (χ1n) is 4.79. The first-order chi connectivity index (χ1) is 6.74. The van der Waals surface area contributed by atoms with Crippen LogP contribution in [0.1, 0.15) is 25.0 Å². The van der Waals surface area contributed by atoms with Crippen molar-refractivity contribution in [3.8, 4) is 5.75 Å². The fraction of sp³-hybridized carbons (Fsp3) is 0.417. The van der Waals surface area contributed by atoms with Crippen LogP contribution in [0.5, 0.6) is 5.75 Å². The zero-order chi connectivity index (χ0) is 10.6. The van der Waals surface area contributed by atoms with Crippen molar-refractivity contribution >= 4 is 0 Å². The van der Waals surface area contributed by atoms with Gasteiger partial charge in [-0.3, -0.25) is 4.39 Å². The highest BCUT2D eigenvalue weighted by atomic mass is 19.1. The van der Waals surface area contributed by atoms with Gasteiger partial charge in [-0.1, -0.05) is 32.0 Å². The van der Waals surface area contributed by atoms with Crippen molar-refractivity contribution in [2.75, 3.05) is 13.8 Å². The highest BCUT2D eigenvalue weighted by Crippen LogP contribution is 2.30. The Morgan fingerprint density at radius 1 is 1.43 bits per heavy atom. The molecule has 0 aliphatic carbocycles. The molecule has 14 heavy (non-hydrogen) atoms. The fourth-order valence-corrected chi connectivity index (χ4v) is 1.51. The zero-order valence-corrected chi connectivity index (χ0v) is 8.93. The third kappa shape index (κ3) is 2.06. The molecule has 77 valence electrons. The van der Waals surface area contributed by atoms with E-state index in [4.69, 9.17) is 4.74 Å². The monoisotopic (exact) mass is 195 g/mol. The van der Waals surface area contributed by atoms with Gasteiger partial charge in [0.25, 0.3) is 0 Å². The molecule has 0 unspecified atom stereocenters. The van der Waals surface area contributed by atoms with E-state index in [0.717, 1.165) is 29.2 Å². The molecule has 0 heterocycles. The standard InChI is InChI=1S/C12H16FO/c1-4-10-6-5-7-11(9(2)8-13)12(10)14-3/h5-7H,4,8H2,1-3H3. The van der Waals surface area contributed by atoms with E-state index in [1.807, 2.05) is 18.2 Å². The quantitative estimate of drug-likeness (QED) is 0.717. The van der Waals surface area contributed by atoms with Crippen LogP contribution in [0, 0.1) is 5.92 Å². The van der Waals surface area contributed by atoms with Gasteiger partial charge in [0.2, 0.25) is 0 Å². The number of ether oxygens (including phenoxy) is 1. The van der Waals surface area contributed by atoms with Crippen molar-refractivity contribution in [2.24, 2.45) is 0 Å². The molecule has 0 aromatic heterocycles. The number of hydrogen-bond acceptors (Lipinski definition) is 1. The highest BCUT2D eigenvalue weighted by molar-refractivity contribution is 5.48. The SMILES string of the molecule is CCc1cccc([C](C)CF)c1OC. The third-order valence-corrected chi connectivity index (χ3v) is 2.34. The second-order valence-electron chi connectivity index (χ2n) is 3.27. The lowest BCUT2D eigenvalue weighted by atomic mass is 9.97. The Bertz CT molecular complexity index is 296. The van der Waals surface area contributed by atoms with Crippen molar-refractivity contribution in [1.82, 2.24) is 0 Å². The Labute approximate surface area is 84.9 Å². The maximum absolute atomic E-state index is 12.5. The van der Waals surface area contributed by atoms with Gasteiger partial charge in [-0.25, -0.2) is 0 Å². The number of para-hydroxylation sites is 1. The summed E-state index contributed by atoms with van der Waals surface area (Å²) in [6, 6.07) is 5.84. The van der Waals surface area contributed by atoms with Crippen molar-refractivity contribution < 1.29 is 9.13 Å². The first-order valence-corrected chi connectivity index (χ1v) is 4.79.